The first-order valence-corrected chi connectivity index (χ1v) is 8.84. The second kappa shape index (κ2) is 9.43. The Hall–Kier alpha value is -3.27. The zero-order chi connectivity index (χ0) is 18.9. The average Bonchev–Trinajstić information content (AvgIpc) is 2.73. The van der Waals surface area contributed by atoms with Gasteiger partial charge in [-0.2, -0.15) is 0 Å². The lowest BCUT2D eigenvalue weighted by Crippen LogP contribution is -2.02. The molecule has 0 aliphatic rings. The highest BCUT2D eigenvalue weighted by Gasteiger charge is 2.06. The second-order valence-electron chi connectivity index (χ2n) is 6.03. The lowest BCUT2D eigenvalue weighted by Gasteiger charge is -2.12. The van der Waals surface area contributed by atoms with Crippen LogP contribution in [0.25, 0.3) is 0 Å². The van der Waals surface area contributed by atoms with Crippen LogP contribution >= 0.6 is 0 Å². The van der Waals surface area contributed by atoms with Crippen molar-refractivity contribution in [2.24, 2.45) is 0 Å². The Kier molecular flexibility index (Phi) is 6.47. The first-order chi connectivity index (χ1) is 13.2. The van der Waals surface area contributed by atoms with E-state index in [4.69, 9.17) is 9.47 Å². The van der Waals surface area contributed by atoms with E-state index < -0.39 is 0 Å². The summed E-state index contributed by atoms with van der Waals surface area (Å²) >= 11 is 0. The van der Waals surface area contributed by atoms with Gasteiger partial charge in [0.25, 0.3) is 0 Å². The van der Waals surface area contributed by atoms with E-state index in [0.717, 1.165) is 28.4 Å². The van der Waals surface area contributed by atoms with Gasteiger partial charge < -0.3 is 14.2 Å². The van der Waals surface area contributed by atoms with Gasteiger partial charge in [0.1, 0.15) is 23.9 Å². The number of hydrogen-bond donors (Lipinski definition) is 0. The van der Waals surface area contributed by atoms with Crippen LogP contribution in [-0.2, 0) is 22.6 Å². The van der Waals surface area contributed by atoms with Gasteiger partial charge in [0.15, 0.2) is 0 Å². The highest BCUT2D eigenvalue weighted by atomic mass is 16.5. The van der Waals surface area contributed by atoms with E-state index in [1.807, 2.05) is 78.9 Å². The smallest absolute Gasteiger partial charge is 0.305 e. The standard InChI is InChI=1S/C23H22O4/c1-25-23(24)16-13-18-11-14-20(15-12-18)26-17-19-7-5-6-10-22(19)27-21-8-3-2-4-9-21/h2-12,14-15H,13,16-17H2,1H3. The minimum absolute atomic E-state index is 0.203. The molecule has 138 valence electrons. The number of carbonyl (C=O) groups is 1. The average molecular weight is 362 g/mol. The SMILES string of the molecule is COC(=O)CCc1ccc(OCc2ccccc2Oc2ccccc2)cc1. The quantitative estimate of drug-likeness (QED) is 0.519. The Bertz CT molecular complexity index is 857. The summed E-state index contributed by atoms with van der Waals surface area (Å²) in [4.78, 5) is 11.2. The van der Waals surface area contributed by atoms with E-state index >= 15 is 0 Å². The molecule has 0 atom stereocenters. The minimum Gasteiger partial charge on any atom is -0.489 e. The van der Waals surface area contributed by atoms with E-state index in [-0.39, 0.29) is 5.97 Å². The molecule has 3 aromatic carbocycles. The summed E-state index contributed by atoms with van der Waals surface area (Å²) in [7, 11) is 1.40. The molecule has 0 saturated heterocycles. The van der Waals surface area contributed by atoms with E-state index in [1.54, 1.807) is 0 Å². The summed E-state index contributed by atoms with van der Waals surface area (Å²) in [5.41, 5.74) is 2.04. The van der Waals surface area contributed by atoms with Crippen LogP contribution in [0.1, 0.15) is 17.5 Å². The second-order valence-corrected chi connectivity index (χ2v) is 6.03. The van der Waals surface area contributed by atoms with Crippen molar-refractivity contribution >= 4 is 5.97 Å². The van der Waals surface area contributed by atoms with Crippen molar-refractivity contribution in [2.75, 3.05) is 7.11 Å². The third kappa shape index (κ3) is 5.61. The van der Waals surface area contributed by atoms with Gasteiger partial charge in [-0.15, -0.1) is 0 Å². The minimum atomic E-state index is -0.203. The molecule has 0 radical (unpaired) electrons. The van der Waals surface area contributed by atoms with Gasteiger partial charge in [-0.1, -0.05) is 48.5 Å². The fourth-order valence-electron chi connectivity index (χ4n) is 2.60. The molecule has 4 heteroatoms. The number of rotatable bonds is 8. The van der Waals surface area contributed by atoms with Crippen molar-refractivity contribution in [1.29, 1.82) is 0 Å². The number of aryl methyl sites for hydroxylation is 1. The van der Waals surface area contributed by atoms with Crippen molar-refractivity contribution in [1.82, 2.24) is 0 Å². The summed E-state index contributed by atoms with van der Waals surface area (Å²) in [5.74, 6) is 2.13. The Morgan fingerprint density at radius 2 is 1.52 bits per heavy atom. The predicted octanol–water partition coefficient (Wildman–Crippen LogP) is 5.16. The maximum Gasteiger partial charge on any atom is 0.305 e. The summed E-state index contributed by atoms with van der Waals surface area (Å²) < 4.78 is 16.5. The molecule has 0 heterocycles. The van der Waals surface area contributed by atoms with E-state index in [2.05, 4.69) is 4.74 Å². The monoisotopic (exact) mass is 362 g/mol. The van der Waals surface area contributed by atoms with Gasteiger partial charge in [-0.25, -0.2) is 0 Å². The maximum absolute atomic E-state index is 11.2. The van der Waals surface area contributed by atoms with Crippen LogP contribution in [0.5, 0.6) is 17.2 Å². The first kappa shape index (κ1) is 18.5. The maximum atomic E-state index is 11.2. The first-order valence-electron chi connectivity index (χ1n) is 8.84. The highest BCUT2D eigenvalue weighted by Crippen LogP contribution is 2.26. The Morgan fingerprint density at radius 1 is 0.815 bits per heavy atom. The molecule has 3 aromatic rings. The van der Waals surface area contributed by atoms with Crippen molar-refractivity contribution in [3.05, 3.63) is 90.0 Å². The Labute approximate surface area is 159 Å². The zero-order valence-electron chi connectivity index (χ0n) is 15.3. The molecule has 27 heavy (non-hydrogen) atoms. The largest absolute Gasteiger partial charge is 0.489 e. The number of para-hydroxylation sites is 2. The molecule has 0 unspecified atom stereocenters. The molecule has 0 bridgehead atoms. The normalized spacial score (nSPS) is 10.3. The van der Waals surface area contributed by atoms with Gasteiger partial charge in [-0.3, -0.25) is 4.79 Å². The van der Waals surface area contributed by atoms with Crippen LogP contribution in [0, 0.1) is 0 Å². The molecule has 0 aliphatic heterocycles. The van der Waals surface area contributed by atoms with Crippen LogP contribution in [0.4, 0.5) is 0 Å². The van der Waals surface area contributed by atoms with E-state index in [0.29, 0.717) is 19.4 Å². The number of esters is 1. The third-order valence-electron chi connectivity index (χ3n) is 4.11. The molecule has 4 nitrogen and oxygen atoms in total. The molecule has 0 amide bonds. The molecule has 0 fully saturated rings. The fraction of sp³-hybridized carbons (Fsp3) is 0.174. The van der Waals surface area contributed by atoms with Gasteiger partial charge in [-0.05, 0) is 42.3 Å². The van der Waals surface area contributed by atoms with Gasteiger partial charge in [0.05, 0.1) is 7.11 Å². The molecule has 0 aromatic heterocycles. The van der Waals surface area contributed by atoms with Crippen LogP contribution < -0.4 is 9.47 Å². The van der Waals surface area contributed by atoms with Gasteiger partial charge in [0.2, 0.25) is 0 Å². The molecular weight excluding hydrogens is 340 g/mol. The number of ether oxygens (including phenoxy) is 3. The molecule has 0 spiro atoms. The Morgan fingerprint density at radius 3 is 2.26 bits per heavy atom. The molecule has 0 saturated carbocycles. The summed E-state index contributed by atoms with van der Waals surface area (Å²) in [6.45, 7) is 0.407. The van der Waals surface area contributed by atoms with Crippen LogP contribution in [0.3, 0.4) is 0 Å². The fourth-order valence-corrected chi connectivity index (χ4v) is 2.60. The highest BCUT2D eigenvalue weighted by molar-refractivity contribution is 5.69. The third-order valence-corrected chi connectivity index (χ3v) is 4.11. The van der Waals surface area contributed by atoms with E-state index in [9.17, 15) is 4.79 Å². The van der Waals surface area contributed by atoms with Gasteiger partial charge in [0, 0.05) is 12.0 Å². The Balaban J connectivity index is 1.59. The van der Waals surface area contributed by atoms with Crippen LogP contribution in [0.2, 0.25) is 0 Å². The molecule has 0 N–H and O–H groups in total. The summed E-state index contributed by atoms with van der Waals surface area (Å²) in [6, 6.07) is 25.3. The molecule has 3 rings (SSSR count). The summed E-state index contributed by atoms with van der Waals surface area (Å²) in [6.07, 6.45) is 1.03. The number of carbonyl (C=O) groups excluding carboxylic acids is 1. The van der Waals surface area contributed by atoms with E-state index in [1.165, 1.54) is 7.11 Å². The van der Waals surface area contributed by atoms with Gasteiger partial charge >= 0.3 is 5.97 Å². The lowest BCUT2D eigenvalue weighted by atomic mass is 10.1. The number of methoxy groups -OCH3 is 1. The zero-order valence-corrected chi connectivity index (χ0v) is 15.3. The topological polar surface area (TPSA) is 44.8 Å². The van der Waals surface area contributed by atoms with Crippen molar-refractivity contribution < 1.29 is 19.0 Å². The predicted molar refractivity (Wildman–Crippen MR) is 104 cm³/mol. The summed E-state index contributed by atoms with van der Waals surface area (Å²) in [5, 5.41) is 0. The number of hydrogen-bond acceptors (Lipinski definition) is 4. The van der Waals surface area contributed by atoms with Crippen LogP contribution in [0.15, 0.2) is 78.9 Å². The van der Waals surface area contributed by atoms with Crippen LogP contribution in [-0.4, -0.2) is 13.1 Å². The molecular formula is C23H22O4. The van der Waals surface area contributed by atoms with Crippen molar-refractivity contribution in [3.63, 3.8) is 0 Å². The number of benzene rings is 3. The van der Waals surface area contributed by atoms with Crippen molar-refractivity contribution in [2.45, 2.75) is 19.4 Å². The van der Waals surface area contributed by atoms with Crippen molar-refractivity contribution in [3.8, 4) is 17.2 Å². The lowest BCUT2D eigenvalue weighted by molar-refractivity contribution is -0.140. The molecule has 0 aliphatic carbocycles.